The predicted octanol–water partition coefficient (Wildman–Crippen LogP) is 13.9. The molecule has 2 heterocycles. The molecule has 0 N–H and O–H groups in total. The third-order valence-electron chi connectivity index (χ3n) is 9.65. The van der Waals surface area contributed by atoms with E-state index < -0.39 is 0 Å². The van der Waals surface area contributed by atoms with Gasteiger partial charge in [-0.2, -0.15) is 0 Å². The quantitative estimate of drug-likeness (QED) is 0.186. The maximum atomic E-state index is 6.40. The Morgan fingerprint density at radius 2 is 1.10 bits per heavy atom. The predicted molar refractivity (Wildman–Crippen MR) is 210 cm³/mol. The second-order valence-corrected chi connectivity index (χ2v) is 13.6. The van der Waals surface area contributed by atoms with Crippen molar-refractivity contribution in [3.8, 4) is 22.3 Å². The van der Waals surface area contributed by atoms with Crippen LogP contribution in [0.5, 0.6) is 0 Å². The summed E-state index contributed by atoms with van der Waals surface area (Å²) in [6.07, 6.45) is 0. The van der Waals surface area contributed by atoms with Crippen molar-refractivity contribution in [1.29, 1.82) is 0 Å². The van der Waals surface area contributed by atoms with Gasteiger partial charge in [-0.3, -0.25) is 0 Å². The Kier molecular flexibility index (Phi) is 6.39. The second kappa shape index (κ2) is 11.2. The van der Waals surface area contributed by atoms with Gasteiger partial charge in [0, 0.05) is 53.4 Å². The van der Waals surface area contributed by atoms with E-state index in [0.29, 0.717) is 0 Å². The molecular weight excluding hydrogens is 615 g/mol. The maximum absolute atomic E-state index is 6.40. The number of benzene rings is 8. The fraction of sp³-hybridized carbons (Fsp3) is 0. The molecule has 0 fully saturated rings. The Hall–Kier alpha value is -6.16. The van der Waals surface area contributed by atoms with Crippen molar-refractivity contribution in [2.45, 2.75) is 0 Å². The summed E-state index contributed by atoms with van der Waals surface area (Å²) in [5.74, 6) is 0. The molecule has 2 nitrogen and oxygen atoms in total. The van der Waals surface area contributed by atoms with Gasteiger partial charge in [-0.1, -0.05) is 121 Å². The normalized spacial score (nSPS) is 11.7. The molecule has 0 atom stereocenters. The highest BCUT2D eigenvalue weighted by Crippen LogP contribution is 2.44. The van der Waals surface area contributed by atoms with Gasteiger partial charge in [0.1, 0.15) is 11.2 Å². The molecular formula is C46H29NOS. The van der Waals surface area contributed by atoms with E-state index in [1.807, 2.05) is 23.5 Å². The van der Waals surface area contributed by atoms with Crippen molar-refractivity contribution in [1.82, 2.24) is 0 Å². The van der Waals surface area contributed by atoms with Crippen LogP contribution in [0.25, 0.3) is 75.1 Å². The molecule has 8 aromatic carbocycles. The lowest BCUT2D eigenvalue weighted by molar-refractivity contribution is 0.670. The van der Waals surface area contributed by atoms with Crippen LogP contribution in [0.15, 0.2) is 180 Å². The van der Waals surface area contributed by atoms with E-state index in [2.05, 4.69) is 169 Å². The zero-order valence-electron chi connectivity index (χ0n) is 26.5. The van der Waals surface area contributed by atoms with Gasteiger partial charge in [-0.05, 0) is 76.5 Å². The summed E-state index contributed by atoms with van der Waals surface area (Å²) in [6, 6.07) is 63.3. The summed E-state index contributed by atoms with van der Waals surface area (Å²) in [5.41, 5.74) is 9.74. The molecule has 0 amide bonds. The van der Waals surface area contributed by atoms with Gasteiger partial charge in [0.05, 0.1) is 5.69 Å². The molecule has 0 radical (unpaired) electrons. The average molecular weight is 644 g/mol. The Morgan fingerprint density at radius 3 is 2.00 bits per heavy atom. The first-order valence-corrected chi connectivity index (χ1v) is 17.4. The van der Waals surface area contributed by atoms with E-state index in [0.717, 1.165) is 50.1 Å². The van der Waals surface area contributed by atoms with Gasteiger partial charge in [0.2, 0.25) is 0 Å². The summed E-state index contributed by atoms with van der Waals surface area (Å²) in [4.78, 5) is 2.39. The standard InChI is InChI=1S/C46H29NOS/c1-2-11-30(12-3-1)36-13-4-7-18-42(36)47(35-26-23-32-29-45-41(28-33(32)27-35)39-15-6-9-20-44(39)49-45)34-24-21-31(22-25-34)37-16-10-17-40-38-14-5-8-19-43(38)48-46(37)40/h1-29H. The number of furan rings is 1. The van der Waals surface area contributed by atoms with Crippen LogP contribution in [0.2, 0.25) is 0 Å². The van der Waals surface area contributed by atoms with Crippen LogP contribution < -0.4 is 4.90 Å². The highest BCUT2D eigenvalue weighted by atomic mass is 32.1. The topological polar surface area (TPSA) is 16.4 Å². The number of nitrogens with zero attached hydrogens (tertiary/aromatic N) is 1. The maximum Gasteiger partial charge on any atom is 0.143 e. The smallest absolute Gasteiger partial charge is 0.143 e. The molecule has 2 aromatic heterocycles. The number of thiophene rings is 1. The van der Waals surface area contributed by atoms with E-state index in [9.17, 15) is 0 Å². The average Bonchev–Trinajstić information content (AvgIpc) is 3.73. The zero-order chi connectivity index (χ0) is 32.3. The minimum Gasteiger partial charge on any atom is -0.455 e. The summed E-state index contributed by atoms with van der Waals surface area (Å²) in [7, 11) is 0. The fourth-order valence-corrected chi connectivity index (χ4v) is 8.45. The minimum atomic E-state index is 0.911. The first kappa shape index (κ1) is 27.9. The largest absolute Gasteiger partial charge is 0.455 e. The molecule has 3 heteroatoms. The zero-order valence-corrected chi connectivity index (χ0v) is 27.3. The lowest BCUT2D eigenvalue weighted by Crippen LogP contribution is -2.11. The van der Waals surface area contributed by atoms with Crippen LogP contribution in [0, 0.1) is 0 Å². The number of hydrogen-bond acceptors (Lipinski definition) is 3. The van der Waals surface area contributed by atoms with Crippen LogP contribution in [-0.2, 0) is 0 Å². The molecule has 0 saturated carbocycles. The van der Waals surface area contributed by atoms with Crippen LogP contribution in [-0.4, -0.2) is 0 Å². The van der Waals surface area contributed by atoms with Crippen molar-refractivity contribution in [2.24, 2.45) is 0 Å². The number of hydrogen-bond donors (Lipinski definition) is 0. The van der Waals surface area contributed by atoms with Gasteiger partial charge in [0.15, 0.2) is 0 Å². The highest BCUT2D eigenvalue weighted by molar-refractivity contribution is 7.25. The lowest BCUT2D eigenvalue weighted by atomic mass is 9.99. The number of rotatable bonds is 5. The first-order chi connectivity index (χ1) is 24.3. The van der Waals surface area contributed by atoms with Crippen LogP contribution in [0.3, 0.4) is 0 Å². The molecule has 0 bridgehead atoms. The Labute approximate surface area is 287 Å². The SMILES string of the molecule is c1ccc(-c2ccccc2N(c2ccc(-c3cccc4c3oc3ccccc34)cc2)c2ccc3cc4sc5ccccc5c4cc3c2)cc1. The molecule has 0 unspecified atom stereocenters. The molecule has 0 aliphatic carbocycles. The van der Waals surface area contributed by atoms with Gasteiger partial charge < -0.3 is 9.32 Å². The van der Waals surface area contributed by atoms with E-state index in [1.54, 1.807) is 0 Å². The van der Waals surface area contributed by atoms with Crippen LogP contribution in [0.4, 0.5) is 17.1 Å². The van der Waals surface area contributed by atoms with Crippen molar-refractivity contribution in [2.75, 3.05) is 4.90 Å². The van der Waals surface area contributed by atoms with Crippen molar-refractivity contribution in [3.63, 3.8) is 0 Å². The summed E-state index contributed by atoms with van der Waals surface area (Å²) in [5, 5.41) is 7.38. The molecule has 0 spiro atoms. The summed E-state index contributed by atoms with van der Waals surface area (Å²) >= 11 is 1.86. The third-order valence-corrected chi connectivity index (χ3v) is 10.8. The monoisotopic (exact) mass is 643 g/mol. The molecule has 49 heavy (non-hydrogen) atoms. The van der Waals surface area contributed by atoms with Gasteiger partial charge >= 0.3 is 0 Å². The Morgan fingerprint density at radius 1 is 0.408 bits per heavy atom. The fourth-order valence-electron chi connectivity index (χ4n) is 7.32. The molecule has 0 saturated heterocycles. The second-order valence-electron chi connectivity index (χ2n) is 12.5. The highest BCUT2D eigenvalue weighted by Gasteiger charge is 2.19. The first-order valence-electron chi connectivity index (χ1n) is 16.6. The van der Waals surface area contributed by atoms with E-state index in [1.165, 1.54) is 42.1 Å². The summed E-state index contributed by atoms with van der Waals surface area (Å²) in [6.45, 7) is 0. The number of para-hydroxylation sites is 3. The molecule has 230 valence electrons. The van der Waals surface area contributed by atoms with Gasteiger partial charge in [0.25, 0.3) is 0 Å². The van der Waals surface area contributed by atoms with Crippen LogP contribution >= 0.6 is 11.3 Å². The Bertz CT molecular complexity index is 2830. The van der Waals surface area contributed by atoms with Crippen LogP contribution in [0.1, 0.15) is 0 Å². The lowest BCUT2D eigenvalue weighted by Gasteiger charge is -2.28. The van der Waals surface area contributed by atoms with Crippen molar-refractivity contribution < 1.29 is 4.42 Å². The summed E-state index contributed by atoms with van der Waals surface area (Å²) < 4.78 is 9.05. The molecule has 10 aromatic rings. The van der Waals surface area contributed by atoms with Crippen molar-refractivity contribution in [3.05, 3.63) is 176 Å². The van der Waals surface area contributed by atoms with Gasteiger partial charge in [-0.25, -0.2) is 0 Å². The van der Waals surface area contributed by atoms with Gasteiger partial charge in [-0.15, -0.1) is 11.3 Å². The van der Waals surface area contributed by atoms with Crippen molar-refractivity contribution >= 4 is 81.3 Å². The molecule has 0 aliphatic heterocycles. The van der Waals surface area contributed by atoms with E-state index in [-0.39, 0.29) is 0 Å². The minimum absolute atomic E-state index is 0.911. The molecule has 10 rings (SSSR count). The number of anilines is 3. The molecule has 0 aliphatic rings. The number of fused-ring (bicyclic) bond motifs is 7. The van der Waals surface area contributed by atoms with E-state index >= 15 is 0 Å². The third kappa shape index (κ3) is 4.62. The Balaban J connectivity index is 1.15. The van der Waals surface area contributed by atoms with E-state index in [4.69, 9.17) is 4.42 Å².